The molecule has 0 spiro atoms. The van der Waals surface area contributed by atoms with Crippen molar-refractivity contribution in [3.63, 3.8) is 0 Å². The van der Waals surface area contributed by atoms with Crippen molar-refractivity contribution in [1.82, 2.24) is 4.90 Å². The Morgan fingerprint density at radius 1 is 1.45 bits per heavy atom. The zero-order chi connectivity index (χ0) is 16.1. The molecule has 0 aliphatic carbocycles. The van der Waals surface area contributed by atoms with Gasteiger partial charge in [-0.05, 0) is 31.0 Å². The van der Waals surface area contributed by atoms with Crippen LogP contribution in [0.4, 0.5) is 4.39 Å². The van der Waals surface area contributed by atoms with Gasteiger partial charge in [-0.1, -0.05) is 11.6 Å². The molecule has 1 heterocycles. The molecular weight excluding hydrogens is 311 g/mol. The molecule has 1 aliphatic heterocycles. The smallest absolute Gasteiger partial charge is 0.226 e. The van der Waals surface area contributed by atoms with Crippen LogP contribution in [0.2, 0.25) is 5.02 Å². The highest BCUT2D eigenvalue weighted by Crippen LogP contribution is 2.25. The van der Waals surface area contributed by atoms with Crippen molar-refractivity contribution >= 4 is 23.4 Å². The van der Waals surface area contributed by atoms with E-state index in [0.717, 1.165) is 18.9 Å². The number of primary amides is 1. The quantitative estimate of drug-likeness (QED) is 0.898. The average Bonchev–Trinajstić information content (AvgIpc) is 2.49. The Labute approximate surface area is 133 Å². The van der Waals surface area contributed by atoms with Crippen LogP contribution in [0.15, 0.2) is 18.2 Å². The third-order valence-corrected chi connectivity index (χ3v) is 3.94. The fraction of sp³-hybridized carbons (Fsp3) is 0.467. The lowest BCUT2D eigenvalue weighted by Crippen LogP contribution is -2.44. The van der Waals surface area contributed by atoms with E-state index in [1.165, 1.54) is 12.1 Å². The first-order chi connectivity index (χ1) is 10.5. The van der Waals surface area contributed by atoms with Crippen LogP contribution in [0.25, 0.3) is 0 Å². The van der Waals surface area contributed by atoms with Gasteiger partial charge in [-0.2, -0.15) is 0 Å². The summed E-state index contributed by atoms with van der Waals surface area (Å²) in [6.45, 7) is 1.13. The Morgan fingerprint density at radius 2 is 2.23 bits per heavy atom. The molecule has 22 heavy (non-hydrogen) atoms. The van der Waals surface area contributed by atoms with Gasteiger partial charge in [0.1, 0.15) is 11.6 Å². The molecule has 1 saturated heterocycles. The van der Waals surface area contributed by atoms with E-state index in [4.69, 9.17) is 22.1 Å². The van der Waals surface area contributed by atoms with Crippen LogP contribution >= 0.6 is 11.6 Å². The third-order valence-electron chi connectivity index (χ3n) is 3.64. The van der Waals surface area contributed by atoms with Gasteiger partial charge < -0.3 is 15.4 Å². The molecule has 0 bridgehead atoms. The van der Waals surface area contributed by atoms with Crippen molar-refractivity contribution in [2.45, 2.75) is 19.3 Å². The van der Waals surface area contributed by atoms with Gasteiger partial charge in [0, 0.05) is 13.1 Å². The van der Waals surface area contributed by atoms with Crippen LogP contribution in [0.5, 0.6) is 5.75 Å². The molecule has 0 saturated carbocycles. The minimum absolute atomic E-state index is 0.0933. The standard InChI is InChI=1S/C15H18ClFN2O3/c16-12-8-11(17)3-4-13(12)22-7-5-14(20)19-6-1-2-10(9-19)15(18)21/h3-4,8,10H,1-2,5-7,9H2,(H2,18,21). The van der Waals surface area contributed by atoms with Gasteiger partial charge in [0.2, 0.25) is 11.8 Å². The number of rotatable bonds is 5. The number of benzene rings is 1. The summed E-state index contributed by atoms with van der Waals surface area (Å²) in [5, 5.41) is 0.166. The van der Waals surface area contributed by atoms with Crippen LogP contribution in [0, 0.1) is 11.7 Å². The van der Waals surface area contributed by atoms with Crippen LogP contribution in [0.1, 0.15) is 19.3 Å². The summed E-state index contributed by atoms with van der Waals surface area (Å²) in [5.41, 5.74) is 5.29. The molecule has 2 amide bonds. The van der Waals surface area contributed by atoms with E-state index in [9.17, 15) is 14.0 Å². The maximum Gasteiger partial charge on any atom is 0.226 e. The normalized spacial score (nSPS) is 18.1. The summed E-state index contributed by atoms with van der Waals surface area (Å²) in [5.74, 6) is -0.843. The van der Waals surface area contributed by atoms with Crippen LogP contribution < -0.4 is 10.5 Å². The second-order valence-corrected chi connectivity index (χ2v) is 5.66. The first-order valence-corrected chi connectivity index (χ1v) is 7.50. The van der Waals surface area contributed by atoms with Crippen LogP contribution in [-0.4, -0.2) is 36.4 Å². The molecule has 1 aromatic carbocycles. The number of hydrogen-bond acceptors (Lipinski definition) is 3. The van der Waals surface area contributed by atoms with Gasteiger partial charge in [0.15, 0.2) is 0 Å². The van der Waals surface area contributed by atoms with E-state index in [1.807, 2.05) is 0 Å². The molecule has 1 fully saturated rings. The van der Waals surface area contributed by atoms with Gasteiger partial charge in [-0.25, -0.2) is 4.39 Å². The second-order valence-electron chi connectivity index (χ2n) is 5.25. The SMILES string of the molecule is NC(=O)C1CCCN(C(=O)CCOc2ccc(F)cc2Cl)C1. The predicted octanol–water partition coefficient (Wildman–Crippen LogP) is 1.97. The number of ether oxygens (including phenoxy) is 1. The molecule has 1 unspecified atom stereocenters. The lowest BCUT2D eigenvalue weighted by Gasteiger charge is -2.31. The summed E-state index contributed by atoms with van der Waals surface area (Å²) < 4.78 is 18.3. The number of nitrogens with two attached hydrogens (primary N) is 1. The number of piperidine rings is 1. The number of hydrogen-bond donors (Lipinski definition) is 1. The van der Waals surface area contributed by atoms with Gasteiger partial charge in [-0.15, -0.1) is 0 Å². The molecule has 120 valence electrons. The summed E-state index contributed by atoms with van der Waals surface area (Å²) >= 11 is 5.84. The molecule has 0 aromatic heterocycles. The Kier molecular flexibility index (Phi) is 5.60. The Balaban J connectivity index is 1.81. The summed E-state index contributed by atoms with van der Waals surface area (Å²) in [6, 6.07) is 3.82. The monoisotopic (exact) mass is 328 g/mol. The number of carbonyl (C=O) groups excluding carboxylic acids is 2. The van der Waals surface area contributed by atoms with Gasteiger partial charge >= 0.3 is 0 Å². The van der Waals surface area contributed by atoms with E-state index in [-0.39, 0.29) is 35.8 Å². The first-order valence-electron chi connectivity index (χ1n) is 7.12. The highest BCUT2D eigenvalue weighted by atomic mass is 35.5. The summed E-state index contributed by atoms with van der Waals surface area (Å²) in [7, 11) is 0. The van der Waals surface area contributed by atoms with Gasteiger partial charge in [0.05, 0.1) is 24.0 Å². The molecule has 2 N–H and O–H groups in total. The molecule has 1 aliphatic rings. The Morgan fingerprint density at radius 3 is 2.91 bits per heavy atom. The number of nitrogens with zero attached hydrogens (tertiary/aromatic N) is 1. The van der Waals surface area contributed by atoms with E-state index in [1.54, 1.807) is 4.90 Å². The molecule has 5 nitrogen and oxygen atoms in total. The summed E-state index contributed by atoms with van der Waals surface area (Å²) in [4.78, 5) is 24.9. The molecule has 0 radical (unpaired) electrons. The Bertz CT molecular complexity index is 568. The summed E-state index contributed by atoms with van der Waals surface area (Å²) in [6.07, 6.45) is 1.66. The number of likely N-dealkylation sites (tertiary alicyclic amines) is 1. The van der Waals surface area contributed by atoms with E-state index >= 15 is 0 Å². The highest BCUT2D eigenvalue weighted by molar-refractivity contribution is 6.32. The molecule has 2 rings (SSSR count). The number of amides is 2. The average molecular weight is 329 g/mol. The molecule has 1 atom stereocenters. The minimum Gasteiger partial charge on any atom is -0.491 e. The fourth-order valence-electron chi connectivity index (χ4n) is 2.43. The zero-order valence-corrected chi connectivity index (χ0v) is 12.8. The predicted molar refractivity (Wildman–Crippen MR) is 80.0 cm³/mol. The van der Waals surface area contributed by atoms with Crippen molar-refractivity contribution in [3.8, 4) is 5.75 Å². The van der Waals surface area contributed by atoms with Crippen molar-refractivity contribution in [1.29, 1.82) is 0 Å². The fourth-order valence-corrected chi connectivity index (χ4v) is 2.66. The maximum absolute atomic E-state index is 12.9. The molecule has 7 heteroatoms. The Hall–Kier alpha value is -1.82. The highest BCUT2D eigenvalue weighted by Gasteiger charge is 2.26. The second kappa shape index (κ2) is 7.45. The lowest BCUT2D eigenvalue weighted by molar-refractivity contribution is -0.135. The van der Waals surface area contributed by atoms with Gasteiger partial charge in [-0.3, -0.25) is 9.59 Å². The van der Waals surface area contributed by atoms with E-state index in [0.29, 0.717) is 18.8 Å². The van der Waals surface area contributed by atoms with Crippen molar-refractivity contribution < 1.29 is 18.7 Å². The van der Waals surface area contributed by atoms with Crippen LogP contribution in [0.3, 0.4) is 0 Å². The third kappa shape index (κ3) is 4.34. The molecule has 1 aromatic rings. The zero-order valence-electron chi connectivity index (χ0n) is 12.1. The van der Waals surface area contributed by atoms with Crippen molar-refractivity contribution in [2.75, 3.05) is 19.7 Å². The number of halogens is 2. The molecular formula is C15H18ClFN2O3. The first kappa shape index (κ1) is 16.5. The number of carbonyl (C=O) groups is 2. The van der Waals surface area contributed by atoms with Crippen molar-refractivity contribution in [2.24, 2.45) is 11.7 Å². The largest absolute Gasteiger partial charge is 0.491 e. The lowest BCUT2D eigenvalue weighted by atomic mass is 9.97. The van der Waals surface area contributed by atoms with E-state index in [2.05, 4.69) is 0 Å². The van der Waals surface area contributed by atoms with Crippen molar-refractivity contribution in [3.05, 3.63) is 29.0 Å². The van der Waals surface area contributed by atoms with Gasteiger partial charge in [0.25, 0.3) is 0 Å². The maximum atomic E-state index is 12.9. The van der Waals surface area contributed by atoms with E-state index < -0.39 is 5.82 Å². The van der Waals surface area contributed by atoms with Crippen LogP contribution in [-0.2, 0) is 9.59 Å². The minimum atomic E-state index is -0.445. The topological polar surface area (TPSA) is 72.6 Å².